The van der Waals surface area contributed by atoms with Crippen molar-refractivity contribution in [2.24, 2.45) is 11.7 Å². The average Bonchev–Trinajstić information content (AvgIpc) is 2.67. The molecule has 1 aliphatic rings. The van der Waals surface area contributed by atoms with E-state index < -0.39 is 0 Å². The Morgan fingerprint density at radius 3 is 2.88 bits per heavy atom. The van der Waals surface area contributed by atoms with Gasteiger partial charge in [0.15, 0.2) is 11.5 Å². The number of phenolic OH excluding ortho intramolecular Hbond substituents is 1. The number of ether oxygens (including phenoxy) is 1. The Kier molecular flexibility index (Phi) is 3.34. The van der Waals surface area contributed by atoms with Gasteiger partial charge in [-0.3, -0.25) is 0 Å². The third-order valence-electron chi connectivity index (χ3n) is 3.46. The summed E-state index contributed by atoms with van der Waals surface area (Å²) >= 11 is 0. The van der Waals surface area contributed by atoms with Crippen molar-refractivity contribution in [3.05, 3.63) is 23.8 Å². The summed E-state index contributed by atoms with van der Waals surface area (Å²) in [7, 11) is 1.57. The van der Waals surface area contributed by atoms with E-state index in [1.54, 1.807) is 13.2 Å². The van der Waals surface area contributed by atoms with E-state index in [4.69, 9.17) is 10.5 Å². The first kappa shape index (κ1) is 11.3. The van der Waals surface area contributed by atoms with Gasteiger partial charge in [0.2, 0.25) is 0 Å². The molecule has 0 heterocycles. The van der Waals surface area contributed by atoms with Crippen LogP contribution in [0.5, 0.6) is 11.5 Å². The van der Waals surface area contributed by atoms with Crippen molar-refractivity contribution in [2.45, 2.75) is 31.7 Å². The van der Waals surface area contributed by atoms with Crippen molar-refractivity contribution in [1.82, 2.24) is 0 Å². The second-order valence-corrected chi connectivity index (χ2v) is 4.57. The topological polar surface area (TPSA) is 55.5 Å². The summed E-state index contributed by atoms with van der Waals surface area (Å²) < 4.78 is 5.10. The van der Waals surface area contributed by atoms with E-state index in [1.165, 1.54) is 18.4 Å². The third-order valence-corrected chi connectivity index (χ3v) is 3.46. The number of benzene rings is 1. The number of hydrogen-bond acceptors (Lipinski definition) is 3. The fourth-order valence-electron chi connectivity index (χ4n) is 2.47. The molecule has 1 aromatic carbocycles. The van der Waals surface area contributed by atoms with Gasteiger partial charge in [0, 0.05) is 6.04 Å². The number of methoxy groups -OCH3 is 1. The number of phenols is 1. The molecule has 0 bridgehead atoms. The maximum absolute atomic E-state index is 9.50. The van der Waals surface area contributed by atoms with Crippen LogP contribution in [0.4, 0.5) is 0 Å². The highest BCUT2D eigenvalue weighted by Gasteiger charge is 2.24. The molecule has 3 heteroatoms. The predicted octanol–water partition coefficient (Wildman–Crippen LogP) is 2.07. The van der Waals surface area contributed by atoms with Gasteiger partial charge in [-0.2, -0.15) is 0 Å². The zero-order valence-electron chi connectivity index (χ0n) is 9.65. The Bertz CT molecular complexity index is 365. The van der Waals surface area contributed by atoms with Gasteiger partial charge < -0.3 is 15.6 Å². The summed E-state index contributed by atoms with van der Waals surface area (Å²) in [6.45, 7) is 0. The Morgan fingerprint density at radius 2 is 2.25 bits per heavy atom. The van der Waals surface area contributed by atoms with Gasteiger partial charge in [0.1, 0.15) is 0 Å². The highest BCUT2D eigenvalue weighted by atomic mass is 16.5. The predicted molar refractivity (Wildman–Crippen MR) is 63.7 cm³/mol. The lowest BCUT2D eigenvalue weighted by molar-refractivity contribution is 0.372. The van der Waals surface area contributed by atoms with Gasteiger partial charge in [0.25, 0.3) is 0 Å². The largest absolute Gasteiger partial charge is 0.504 e. The van der Waals surface area contributed by atoms with Gasteiger partial charge in [-0.15, -0.1) is 0 Å². The second-order valence-electron chi connectivity index (χ2n) is 4.57. The number of nitrogens with two attached hydrogens (primary N) is 1. The maximum Gasteiger partial charge on any atom is 0.160 e. The van der Waals surface area contributed by atoms with Gasteiger partial charge in [-0.25, -0.2) is 0 Å². The standard InChI is InChI=1S/C13H19NO2/c1-16-13-8-9(5-6-12(13)15)7-10-3-2-4-11(10)14/h5-6,8,10-11,15H,2-4,7,14H2,1H3/t10-,11-/m0/s1. The Hall–Kier alpha value is -1.22. The minimum absolute atomic E-state index is 0.196. The molecule has 3 N–H and O–H groups in total. The van der Waals surface area contributed by atoms with Gasteiger partial charge in [-0.05, 0) is 42.9 Å². The molecule has 2 rings (SSSR count). The molecule has 0 aromatic heterocycles. The van der Waals surface area contributed by atoms with Crippen LogP contribution in [0, 0.1) is 5.92 Å². The zero-order chi connectivity index (χ0) is 11.5. The van der Waals surface area contributed by atoms with Crippen LogP contribution >= 0.6 is 0 Å². The van der Waals surface area contributed by atoms with E-state index in [0.717, 1.165) is 12.8 Å². The van der Waals surface area contributed by atoms with Crippen LogP contribution in [0.3, 0.4) is 0 Å². The number of aromatic hydroxyl groups is 1. The lowest BCUT2D eigenvalue weighted by Gasteiger charge is -2.15. The summed E-state index contributed by atoms with van der Waals surface area (Å²) in [6.07, 6.45) is 4.57. The number of hydrogen-bond donors (Lipinski definition) is 2. The molecule has 88 valence electrons. The molecule has 0 saturated heterocycles. The Labute approximate surface area is 96.2 Å². The lowest BCUT2D eigenvalue weighted by atomic mass is 9.95. The normalized spacial score (nSPS) is 24.6. The van der Waals surface area contributed by atoms with E-state index in [2.05, 4.69) is 0 Å². The van der Waals surface area contributed by atoms with E-state index in [0.29, 0.717) is 17.7 Å². The molecule has 0 amide bonds. The quantitative estimate of drug-likeness (QED) is 0.821. The number of rotatable bonds is 3. The molecule has 0 radical (unpaired) electrons. The molecule has 0 unspecified atom stereocenters. The Balaban J connectivity index is 2.09. The zero-order valence-corrected chi connectivity index (χ0v) is 9.65. The molecule has 2 atom stereocenters. The molecule has 1 fully saturated rings. The van der Waals surface area contributed by atoms with E-state index in [1.807, 2.05) is 12.1 Å². The summed E-state index contributed by atoms with van der Waals surface area (Å²) in [6, 6.07) is 5.87. The van der Waals surface area contributed by atoms with Crippen LogP contribution in [0.25, 0.3) is 0 Å². The van der Waals surface area contributed by atoms with Crippen LogP contribution in [-0.2, 0) is 6.42 Å². The molecule has 1 aliphatic carbocycles. The molecule has 0 aliphatic heterocycles. The molecular weight excluding hydrogens is 202 g/mol. The molecule has 1 aromatic rings. The van der Waals surface area contributed by atoms with Gasteiger partial charge in [0.05, 0.1) is 7.11 Å². The van der Waals surface area contributed by atoms with E-state index >= 15 is 0 Å². The maximum atomic E-state index is 9.50. The lowest BCUT2D eigenvalue weighted by Crippen LogP contribution is -2.25. The monoisotopic (exact) mass is 221 g/mol. The van der Waals surface area contributed by atoms with Gasteiger partial charge >= 0.3 is 0 Å². The molecular formula is C13H19NO2. The summed E-state index contributed by atoms with van der Waals surface area (Å²) in [4.78, 5) is 0. The first-order valence-electron chi connectivity index (χ1n) is 5.82. The van der Waals surface area contributed by atoms with Crippen LogP contribution in [0.2, 0.25) is 0 Å². The molecule has 3 nitrogen and oxygen atoms in total. The SMILES string of the molecule is COc1cc(C[C@@H]2CCC[C@@H]2N)ccc1O. The second kappa shape index (κ2) is 4.74. The molecule has 16 heavy (non-hydrogen) atoms. The Morgan fingerprint density at radius 1 is 1.44 bits per heavy atom. The summed E-state index contributed by atoms with van der Waals surface area (Å²) in [5.41, 5.74) is 7.24. The van der Waals surface area contributed by atoms with Crippen molar-refractivity contribution in [3.8, 4) is 11.5 Å². The minimum Gasteiger partial charge on any atom is -0.504 e. The fourth-order valence-corrected chi connectivity index (χ4v) is 2.47. The van der Waals surface area contributed by atoms with Gasteiger partial charge in [-0.1, -0.05) is 12.5 Å². The van der Waals surface area contributed by atoms with E-state index in [9.17, 15) is 5.11 Å². The van der Waals surface area contributed by atoms with Crippen LogP contribution in [-0.4, -0.2) is 18.3 Å². The summed E-state index contributed by atoms with van der Waals surface area (Å²) in [5, 5.41) is 9.50. The smallest absolute Gasteiger partial charge is 0.160 e. The highest BCUT2D eigenvalue weighted by molar-refractivity contribution is 5.41. The van der Waals surface area contributed by atoms with Crippen molar-refractivity contribution in [3.63, 3.8) is 0 Å². The molecule has 1 saturated carbocycles. The molecule has 0 spiro atoms. The van der Waals surface area contributed by atoms with Crippen molar-refractivity contribution in [2.75, 3.05) is 7.11 Å². The van der Waals surface area contributed by atoms with Crippen LogP contribution in [0.15, 0.2) is 18.2 Å². The minimum atomic E-state index is 0.196. The first-order valence-corrected chi connectivity index (χ1v) is 5.82. The highest BCUT2D eigenvalue weighted by Crippen LogP contribution is 2.31. The van der Waals surface area contributed by atoms with Crippen LogP contribution < -0.4 is 10.5 Å². The van der Waals surface area contributed by atoms with Crippen molar-refractivity contribution < 1.29 is 9.84 Å². The first-order chi connectivity index (χ1) is 7.70. The third kappa shape index (κ3) is 2.30. The fraction of sp³-hybridized carbons (Fsp3) is 0.538. The van der Waals surface area contributed by atoms with E-state index in [-0.39, 0.29) is 5.75 Å². The van der Waals surface area contributed by atoms with Crippen LogP contribution in [0.1, 0.15) is 24.8 Å². The van der Waals surface area contributed by atoms with Crippen molar-refractivity contribution >= 4 is 0 Å². The van der Waals surface area contributed by atoms with Crippen molar-refractivity contribution in [1.29, 1.82) is 0 Å². The average molecular weight is 221 g/mol. The summed E-state index contributed by atoms with van der Waals surface area (Å²) in [5.74, 6) is 1.32.